The fraction of sp³-hybridized carbons (Fsp3) is 0.500. The molecule has 0 aromatic carbocycles. The third kappa shape index (κ3) is 4.56. The van der Waals surface area contributed by atoms with Crippen LogP contribution in [-0.4, -0.2) is 33.4 Å². The smallest absolute Gasteiger partial charge is 0.341 e. The molecule has 2 heterocycles. The van der Waals surface area contributed by atoms with Crippen molar-refractivity contribution in [2.75, 3.05) is 7.11 Å². The number of carbonyl (C=O) groups excluding carboxylic acids is 1. The Morgan fingerprint density at radius 2 is 2.10 bits per heavy atom. The molecule has 0 atom stereocenters. The highest BCUT2D eigenvalue weighted by Crippen LogP contribution is 2.17. The number of pyridine rings is 1. The van der Waals surface area contributed by atoms with Gasteiger partial charge in [-0.1, -0.05) is 13.8 Å². The van der Waals surface area contributed by atoms with Crippen LogP contribution in [0.5, 0.6) is 0 Å². The average molecular weight is 292 g/mol. The average Bonchev–Trinajstić information content (AvgIpc) is 2.88. The molecule has 2 rings (SSSR count). The van der Waals surface area contributed by atoms with E-state index in [1.807, 2.05) is 32.2 Å². The fourth-order valence-corrected chi connectivity index (χ4v) is 1.90. The molecule has 2 aromatic heterocycles. The summed E-state index contributed by atoms with van der Waals surface area (Å²) in [6, 6.07) is 3.85. The number of methoxy groups -OCH3 is 1. The van der Waals surface area contributed by atoms with Crippen LogP contribution in [0.2, 0.25) is 0 Å². The quantitative estimate of drug-likeness (QED) is 0.880. The monoisotopic (exact) mass is 292 g/mol. The SMILES string of the molecule is CC.COC(=O)c1cnn2ccc(CCC(C)(C)O)cc12. The molecule has 0 aliphatic heterocycles. The van der Waals surface area contributed by atoms with E-state index in [2.05, 4.69) is 5.10 Å². The number of nitrogens with zero attached hydrogens (tertiary/aromatic N) is 2. The van der Waals surface area contributed by atoms with Gasteiger partial charge in [0.25, 0.3) is 0 Å². The minimum absolute atomic E-state index is 0.394. The van der Waals surface area contributed by atoms with Crippen molar-refractivity contribution in [2.24, 2.45) is 0 Å². The molecule has 0 saturated heterocycles. The molecule has 5 heteroatoms. The van der Waals surface area contributed by atoms with Gasteiger partial charge in [0.2, 0.25) is 0 Å². The van der Waals surface area contributed by atoms with Crippen molar-refractivity contribution in [2.45, 2.75) is 46.1 Å². The molecule has 0 fully saturated rings. The summed E-state index contributed by atoms with van der Waals surface area (Å²) in [6.45, 7) is 7.56. The van der Waals surface area contributed by atoms with Crippen LogP contribution in [0.1, 0.15) is 50.0 Å². The van der Waals surface area contributed by atoms with Crippen LogP contribution in [0.4, 0.5) is 0 Å². The van der Waals surface area contributed by atoms with E-state index in [1.54, 1.807) is 18.4 Å². The maximum Gasteiger partial charge on any atom is 0.341 e. The molecular formula is C16H24N2O3. The molecule has 21 heavy (non-hydrogen) atoms. The van der Waals surface area contributed by atoms with Crippen molar-refractivity contribution < 1.29 is 14.6 Å². The number of hydrogen-bond donors (Lipinski definition) is 1. The molecule has 0 amide bonds. The van der Waals surface area contributed by atoms with Gasteiger partial charge < -0.3 is 9.84 Å². The summed E-state index contributed by atoms with van der Waals surface area (Å²) in [5.41, 5.74) is 1.53. The minimum Gasteiger partial charge on any atom is -0.465 e. The lowest BCUT2D eigenvalue weighted by molar-refractivity contribution is 0.0602. The van der Waals surface area contributed by atoms with Crippen LogP contribution in [0.3, 0.4) is 0 Å². The van der Waals surface area contributed by atoms with Gasteiger partial charge in [-0.25, -0.2) is 9.31 Å². The van der Waals surface area contributed by atoms with Crippen molar-refractivity contribution in [1.82, 2.24) is 9.61 Å². The van der Waals surface area contributed by atoms with E-state index >= 15 is 0 Å². The summed E-state index contributed by atoms with van der Waals surface area (Å²) in [7, 11) is 1.35. The summed E-state index contributed by atoms with van der Waals surface area (Å²) in [5.74, 6) is -0.394. The number of aryl methyl sites for hydroxylation is 1. The number of ether oxygens (including phenoxy) is 1. The van der Waals surface area contributed by atoms with Crippen LogP contribution in [0.15, 0.2) is 24.5 Å². The lowest BCUT2D eigenvalue weighted by Crippen LogP contribution is -2.19. The van der Waals surface area contributed by atoms with Gasteiger partial charge in [-0.05, 0) is 44.4 Å². The van der Waals surface area contributed by atoms with Crippen molar-refractivity contribution in [3.63, 3.8) is 0 Å². The van der Waals surface area contributed by atoms with Gasteiger partial charge in [0.1, 0.15) is 5.56 Å². The highest BCUT2D eigenvalue weighted by atomic mass is 16.5. The molecule has 116 valence electrons. The van der Waals surface area contributed by atoms with E-state index in [0.717, 1.165) is 17.5 Å². The Balaban J connectivity index is 0.00000106. The number of fused-ring (bicyclic) bond motifs is 1. The normalized spacial score (nSPS) is 11.0. The van der Waals surface area contributed by atoms with E-state index in [0.29, 0.717) is 12.0 Å². The van der Waals surface area contributed by atoms with Crippen molar-refractivity contribution in [3.05, 3.63) is 35.7 Å². The van der Waals surface area contributed by atoms with Crippen LogP contribution in [0, 0.1) is 0 Å². The lowest BCUT2D eigenvalue weighted by Gasteiger charge is -2.16. The summed E-state index contributed by atoms with van der Waals surface area (Å²) in [5, 5.41) is 13.8. The van der Waals surface area contributed by atoms with Crippen LogP contribution in [-0.2, 0) is 11.2 Å². The zero-order valence-electron chi connectivity index (χ0n) is 13.4. The lowest BCUT2D eigenvalue weighted by atomic mass is 9.99. The summed E-state index contributed by atoms with van der Waals surface area (Å²) < 4.78 is 6.36. The first-order valence-corrected chi connectivity index (χ1v) is 7.18. The second-order valence-corrected chi connectivity index (χ2v) is 5.23. The molecule has 0 saturated carbocycles. The van der Waals surface area contributed by atoms with E-state index in [9.17, 15) is 9.90 Å². The van der Waals surface area contributed by atoms with Crippen molar-refractivity contribution in [3.8, 4) is 0 Å². The van der Waals surface area contributed by atoms with Crippen LogP contribution < -0.4 is 0 Å². The van der Waals surface area contributed by atoms with E-state index in [4.69, 9.17) is 4.74 Å². The molecule has 0 unspecified atom stereocenters. The van der Waals surface area contributed by atoms with Crippen molar-refractivity contribution in [1.29, 1.82) is 0 Å². The highest BCUT2D eigenvalue weighted by Gasteiger charge is 2.15. The Hall–Kier alpha value is -1.88. The van der Waals surface area contributed by atoms with Gasteiger partial charge in [0, 0.05) is 6.20 Å². The molecule has 1 N–H and O–H groups in total. The molecule has 0 bridgehead atoms. The third-order valence-corrected chi connectivity index (χ3v) is 3.02. The maximum absolute atomic E-state index is 11.6. The third-order valence-electron chi connectivity index (χ3n) is 3.02. The van der Waals surface area contributed by atoms with Gasteiger partial charge >= 0.3 is 5.97 Å². The zero-order chi connectivity index (χ0) is 16.0. The minimum atomic E-state index is -0.697. The van der Waals surface area contributed by atoms with Crippen molar-refractivity contribution >= 4 is 11.5 Å². The Labute approximate surface area is 125 Å². The first-order chi connectivity index (χ1) is 9.90. The zero-order valence-corrected chi connectivity index (χ0v) is 13.4. The first kappa shape index (κ1) is 17.2. The molecule has 2 aromatic rings. The molecule has 0 aliphatic carbocycles. The second kappa shape index (κ2) is 7.22. The maximum atomic E-state index is 11.6. The van der Waals surface area contributed by atoms with Gasteiger partial charge in [-0.2, -0.15) is 5.10 Å². The predicted octanol–water partition coefficient (Wildman–Crippen LogP) is 2.85. The Morgan fingerprint density at radius 1 is 1.43 bits per heavy atom. The number of hydrogen-bond acceptors (Lipinski definition) is 4. The number of aromatic nitrogens is 2. The predicted molar refractivity (Wildman–Crippen MR) is 82.5 cm³/mol. The topological polar surface area (TPSA) is 63.8 Å². The Morgan fingerprint density at radius 3 is 2.67 bits per heavy atom. The number of carbonyl (C=O) groups is 1. The van der Waals surface area contributed by atoms with Gasteiger partial charge in [-0.3, -0.25) is 0 Å². The Kier molecular flexibility index (Phi) is 5.90. The summed E-state index contributed by atoms with van der Waals surface area (Å²) in [6.07, 6.45) is 4.71. The van der Waals surface area contributed by atoms with Gasteiger partial charge in [0.15, 0.2) is 0 Å². The molecular weight excluding hydrogens is 268 g/mol. The molecule has 0 radical (unpaired) electrons. The highest BCUT2D eigenvalue weighted by molar-refractivity contribution is 5.96. The van der Waals surface area contributed by atoms with Gasteiger partial charge in [-0.15, -0.1) is 0 Å². The second-order valence-electron chi connectivity index (χ2n) is 5.23. The summed E-state index contributed by atoms with van der Waals surface area (Å²) in [4.78, 5) is 11.6. The molecule has 5 nitrogen and oxygen atoms in total. The van der Waals surface area contributed by atoms with E-state index in [1.165, 1.54) is 13.3 Å². The van der Waals surface area contributed by atoms with Crippen LogP contribution >= 0.6 is 0 Å². The number of esters is 1. The van der Waals surface area contributed by atoms with E-state index < -0.39 is 11.6 Å². The number of aliphatic hydroxyl groups is 1. The van der Waals surface area contributed by atoms with E-state index in [-0.39, 0.29) is 0 Å². The fourth-order valence-electron chi connectivity index (χ4n) is 1.90. The van der Waals surface area contributed by atoms with Crippen LogP contribution in [0.25, 0.3) is 5.52 Å². The largest absolute Gasteiger partial charge is 0.465 e. The molecule has 0 aliphatic rings. The summed E-state index contributed by atoms with van der Waals surface area (Å²) >= 11 is 0. The van der Waals surface area contributed by atoms with Gasteiger partial charge in [0.05, 0.1) is 24.4 Å². The Bertz CT molecular complexity index is 597. The standard InChI is InChI=1S/C14H18N2O3.C2H6/c1-14(2,18)6-4-10-5-7-16-12(8-10)11(9-15-16)13(17)19-3;1-2/h5,7-9,18H,4,6H2,1-3H3;1-2H3. The molecule has 0 spiro atoms. The number of rotatable bonds is 4. The first-order valence-electron chi connectivity index (χ1n) is 7.18.